The van der Waals surface area contributed by atoms with Gasteiger partial charge in [-0.05, 0) is 102 Å². The molecule has 0 aliphatic carbocycles. The molecule has 0 unspecified atom stereocenters. The number of para-hydroxylation sites is 1. The minimum atomic E-state index is -5.13. The van der Waals surface area contributed by atoms with Gasteiger partial charge in [-0.2, -0.15) is 18.6 Å². The van der Waals surface area contributed by atoms with E-state index in [1.54, 1.807) is 36.4 Å². The minimum Gasteiger partial charge on any atom is -0.871 e. The first-order valence-corrected chi connectivity index (χ1v) is 23.6. The van der Waals surface area contributed by atoms with Gasteiger partial charge in [-0.3, -0.25) is 9.35 Å². The molecular weight excluding hydrogens is 1160 g/mol. The molecule has 0 amide bonds. The van der Waals surface area contributed by atoms with Gasteiger partial charge in [0, 0.05) is 33.4 Å². The molecule has 0 spiro atoms. The number of carboxylic acid groups (broad SMARTS) is 1. The quantitative estimate of drug-likeness (QED) is 0.0659. The molecule has 0 aliphatic rings. The monoisotopic (exact) mass is 1180 g/mol. The molecule has 2 radical (unpaired) electrons. The van der Waals surface area contributed by atoms with Gasteiger partial charge in [0.1, 0.15) is 30.8 Å². The van der Waals surface area contributed by atoms with Crippen molar-refractivity contribution in [1.82, 2.24) is 9.78 Å². The molecule has 0 atom stereocenters. The van der Waals surface area contributed by atoms with Gasteiger partial charge < -0.3 is 44.3 Å². The van der Waals surface area contributed by atoms with E-state index in [-0.39, 0.29) is 173 Å². The number of aromatic nitrogens is 2. The Bertz CT molecular complexity index is 3970. The molecule has 1 aromatic heterocycles. The van der Waals surface area contributed by atoms with Crippen molar-refractivity contribution in [2.24, 2.45) is 30.7 Å². The largest absolute Gasteiger partial charge is 2.00 e. The van der Waals surface area contributed by atoms with Crippen molar-refractivity contribution in [3.63, 3.8) is 0 Å². The van der Waals surface area contributed by atoms with Crippen molar-refractivity contribution >= 4 is 103 Å². The van der Waals surface area contributed by atoms with Gasteiger partial charge in [0.25, 0.3) is 15.7 Å². The second-order valence-corrected chi connectivity index (χ2v) is 18.7. The van der Waals surface area contributed by atoms with Crippen molar-refractivity contribution in [3.05, 3.63) is 143 Å². The Balaban J connectivity index is 0.00000289. The van der Waals surface area contributed by atoms with E-state index in [9.17, 15) is 63.8 Å². The normalized spacial score (nSPS) is 11.7. The van der Waals surface area contributed by atoms with E-state index < -0.39 is 90.7 Å². The zero-order valence-electron chi connectivity index (χ0n) is 38.2. The van der Waals surface area contributed by atoms with Gasteiger partial charge in [0.05, 0.1) is 44.2 Å². The van der Waals surface area contributed by atoms with Crippen LogP contribution < -0.4 is 120 Å². The van der Waals surface area contributed by atoms with Crippen molar-refractivity contribution in [2.75, 3.05) is 5.32 Å². The van der Waals surface area contributed by atoms with Crippen LogP contribution in [0.3, 0.4) is 0 Å². The average molecular weight is 1180 g/mol. The number of fused-ring (bicyclic) bond motifs is 2. The molecule has 0 aliphatic heterocycles. The van der Waals surface area contributed by atoms with Crippen molar-refractivity contribution in [1.29, 1.82) is 0 Å². The molecule has 0 saturated carbocycles. The molecule has 368 valence electrons. The molecule has 8 aromatic rings. The van der Waals surface area contributed by atoms with E-state index in [1.807, 2.05) is 0 Å². The van der Waals surface area contributed by atoms with Crippen molar-refractivity contribution in [2.45, 2.75) is 21.6 Å². The number of nitrogens with zero attached hydrogens (tertiary/aromatic N) is 8. The molecule has 74 heavy (non-hydrogen) atoms. The van der Waals surface area contributed by atoms with Gasteiger partial charge in [0.2, 0.25) is 0 Å². The number of azo groups is 3. The zero-order chi connectivity index (χ0) is 49.6. The van der Waals surface area contributed by atoms with Crippen LogP contribution in [0, 0.1) is 6.92 Å². The Kier molecular flexibility index (Phi) is 22.0. The number of aryl methyl sites for hydroxylation is 1. The summed E-state index contributed by atoms with van der Waals surface area (Å²) in [5.41, 5.74) is -2.55. The molecule has 23 nitrogen and oxygen atoms in total. The molecule has 31 heteroatoms. The van der Waals surface area contributed by atoms with E-state index in [0.29, 0.717) is 17.4 Å². The maximum Gasteiger partial charge on any atom is 2.00 e. The first-order chi connectivity index (χ1) is 32.6. The Morgan fingerprint density at radius 2 is 1.20 bits per heavy atom. The molecule has 1 heterocycles. The van der Waals surface area contributed by atoms with Crippen LogP contribution >= 0.6 is 0 Å². The smallest absolute Gasteiger partial charge is 0.871 e. The summed E-state index contributed by atoms with van der Waals surface area (Å²) in [5, 5.41) is 69.4. The van der Waals surface area contributed by atoms with Crippen molar-refractivity contribution < 1.29 is 182 Å². The number of aromatic carboxylic acids is 1. The number of hydrogen-bond acceptors (Lipinski definition) is 20. The van der Waals surface area contributed by atoms with E-state index in [1.165, 1.54) is 43.3 Å². The fourth-order valence-corrected chi connectivity index (χ4v) is 8.41. The number of nitrogens with one attached hydrogen (secondary N) is 1. The number of rotatable bonds is 13. The van der Waals surface area contributed by atoms with Gasteiger partial charge in [0.15, 0.2) is 0 Å². The van der Waals surface area contributed by atoms with E-state index >= 15 is 0 Å². The number of benzene rings is 7. The topological polar surface area (TPSA) is 377 Å². The number of carbonyl (C=O) groups excluding carboxylic acids is 1. The minimum absolute atomic E-state index is 0. The first kappa shape index (κ1) is 63.8. The van der Waals surface area contributed by atoms with E-state index in [0.717, 1.165) is 47.1 Å². The summed E-state index contributed by atoms with van der Waals surface area (Å²) in [6.45, 7) is 1.40. The Hall–Kier alpha value is -4.49. The summed E-state index contributed by atoms with van der Waals surface area (Å²) >= 11 is 0. The van der Waals surface area contributed by atoms with Gasteiger partial charge in [-0.15, -0.1) is 26.2 Å². The number of anilines is 2. The molecule has 0 fully saturated rings. The predicted molar refractivity (Wildman–Crippen MR) is 236 cm³/mol. The fourth-order valence-electron chi connectivity index (χ4n) is 6.77. The van der Waals surface area contributed by atoms with Crippen LogP contribution in [-0.2, 0) is 64.5 Å². The Labute approximate surface area is 506 Å². The predicted octanol–water partition coefficient (Wildman–Crippen LogP) is -3.03. The molecule has 7 aromatic carbocycles. The van der Waals surface area contributed by atoms with Crippen LogP contribution in [-0.4, -0.2) is 49.6 Å². The third kappa shape index (κ3) is 14.1. The first-order valence-electron chi connectivity index (χ1n) is 19.3. The van der Waals surface area contributed by atoms with Crippen LogP contribution in [0.1, 0.15) is 16.1 Å². The van der Waals surface area contributed by atoms with E-state index in [4.69, 9.17) is 0 Å². The van der Waals surface area contributed by atoms with Crippen LogP contribution in [0.4, 0.5) is 45.5 Å². The van der Waals surface area contributed by atoms with Crippen LogP contribution in [0.25, 0.3) is 27.2 Å². The number of carbonyl (C=O) groups is 1. The zero-order valence-corrected chi connectivity index (χ0v) is 48.5. The second-order valence-electron chi connectivity index (χ2n) is 14.5. The summed E-state index contributed by atoms with van der Waals surface area (Å²) < 4.78 is 107. The summed E-state index contributed by atoms with van der Waals surface area (Å²) in [5.74, 6) is -3.77. The summed E-state index contributed by atoms with van der Waals surface area (Å²) in [4.78, 5) is 22.4. The van der Waals surface area contributed by atoms with Gasteiger partial charge >= 0.3 is 123 Å². The van der Waals surface area contributed by atoms with Crippen LogP contribution in [0.15, 0.2) is 171 Å². The molecule has 2 N–H and O–H groups in total. The third-order valence-electron chi connectivity index (χ3n) is 10.0. The molecule has 0 saturated heterocycles. The Morgan fingerprint density at radius 1 is 0.622 bits per heavy atom. The van der Waals surface area contributed by atoms with Crippen LogP contribution in [0.2, 0.25) is 0 Å². The average Bonchev–Trinajstić information content (AvgIpc) is 3.58. The number of carboxylic acids is 1. The second kappa shape index (κ2) is 25.6. The maximum absolute atomic E-state index is 13.7. The standard InChI is InChI=1S/C43H31N9O14S3.2Cu.3Na/c1-22-38(48-46-34-16-13-29(68(61,62)63)20-33(34)43(56)57)42(55)52(51-22)27-10-7-25(8-11-27)45-47-35-21-36(53)39(31-15-12-28(19-32(31)35)67(58,59)60)49-50-40-37(69(64,65)66)18-23-17-26(9-14-30(23)41(40)54)44-24-5-3-2-4-6-24;;;;;/h2-21H,1H3,(H8,44,45,46,47,48,49,50,51,53,54,55,56,57,58,59,60,61,62,63,64,65,66);;;;;/q;2*+2;3*+1/p-6. The maximum atomic E-state index is 13.7. The third-order valence-corrected chi connectivity index (χ3v) is 12.6. The van der Waals surface area contributed by atoms with E-state index in [2.05, 4.69) is 41.1 Å². The van der Waals surface area contributed by atoms with Gasteiger partial charge in [-0.25, -0.2) is 16.8 Å². The molecule has 8 rings (SSSR count). The molecular formula is C43H25Cu2N9Na3O14S3+. The Morgan fingerprint density at radius 3 is 1.82 bits per heavy atom. The van der Waals surface area contributed by atoms with Crippen LogP contribution in [0.5, 0.6) is 11.5 Å². The van der Waals surface area contributed by atoms with Gasteiger partial charge in [-0.1, -0.05) is 48.8 Å². The van der Waals surface area contributed by atoms with Crippen molar-refractivity contribution in [3.8, 4) is 17.2 Å². The number of hydrogen-bond donors (Lipinski definition) is 2. The summed E-state index contributed by atoms with van der Waals surface area (Å²) in [6, 6.07) is 25.8. The summed E-state index contributed by atoms with van der Waals surface area (Å²) in [6.07, 6.45) is 0. The molecule has 0 bridgehead atoms. The SMILES string of the molecule is Cc1[n-]n(-c2ccc(N=Nc3cc([O-])c(N=Nc4c(S(=O)(=O)O)cc5cc(Nc6ccccc6)ccc5c4[O-])c4ccc(S(=O)(=O)[O-])cc34)cc2)c(=O)c1N=Nc1ccc(S(=O)(=O)[O-])cc1C(=O)[O-].[Cu+2].[Cu+2].[Na+].[Na+].[Na+]. The fraction of sp³-hybridized carbons (Fsp3) is 0.0233. The summed E-state index contributed by atoms with van der Waals surface area (Å²) in [7, 11) is -15.2.